The van der Waals surface area contributed by atoms with Crippen LogP contribution in [-0.4, -0.2) is 39.9 Å². The SMILES string of the molecule is CCOc1ccc(CN(C)C(=O)c2cccc(N(C)S(=O)(=O)c3ccccc3)c2)cc1. The van der Waals surface area contributed by atoms with Crippen molar-refractivity contribution < 1.29 is 17.9 Å². The number of hydrogen-bond donors (Lipinski definition) is 0. The minimum atomic E-state index is -3.72. The number of ether oxygens (including phenoxy) is 1. The highest BCUT2D eigenvalue weighted by molar-refractivity contribution is 7.92. The van der Waals surface area contributed by atoms with Crippen LogP contribution in [0.15, 0.2) is 83.8 Å². The van der Waals surface area contributed by atoms with E-state index >= 15 is 0 Å². The second-order valence-corrected chi connectivity index (χ2v) is 9.04. The molecule has 0 atom stereocenters. The Morgan fingerprint density at radius 1 is 0.903 bits per heavy atom. The van der Waals surface area contributed by atoms with Crippen molar-refractivity contribution >= 4 is 21.6 Å². The predicted octanol–water partition coefficient (Wildman–Crippen LogP) is 4.18. The van der Waals surface area contributed by atoms with Crippen molar-refractivity contribution in [3.05, 3.63) is 90.0 Å². The van der Waals surface area contributed by atoms with Gasteiger partial charge in [0.05, 0.1) is 17.2 Å². The molecule has 7 heteroatoms. The molecule has 0 bridgehead atoms. The molecule has 0 aromatic heterocycles. The van der Waals surface area contributed by atoms with Crippen LogP contribution < -0.4 is 9.04 Å². The van der Waals surface area contributed by atoms with Crippen LogP contribution in [0, 0.1) is 0 Å². The molecule has 0 saturated carbocycles. The van der Waals surface area contributed by atoms with Crippen LogP contribution in [0.25, 0.3) is 0 Å². The lowest BCUT2D eigenvalue weighted by Gasteiger charge is -2.21. The van der Waals surface area contributed by atoms with Crippen molar-refractivity contribution in [1.29, 1.82) is 0 Å². The van der Waals surface area contributed by atoms with Gasteiger partial charge in [-0.15, -0.1) is 0 Å². The van der Waals surface area contributed by atoms with Gasteiger partial charge in [-0.05, 0) is 55.0 Å². The van der Waals surface area contributed by atoms with Crippen molar-refractivity contribution in [2.45, 2.75) is 18.4 Å². The molecular weight excluding hydrogens is 412 g/mol. The van der Waals surface area contributed by atoms with Gasteiger partial charge in [0.25, 0.3) is 15.9 Å². The fraction of sp³-hybridized carbons (Fsp3) is 0.208. The minimum absolute atomic E-state index is 0.193. The lowest BCUT2D eigenvalue weighted by molar-refractivity contribution is 0.0785. The van der Waals surface area contributed by atoms with Crippen LogP contribution >= 0.6 is 0 Å². The van der Waals surface area contributed by atoms with Gasteiger partial charge in [-0.2, -0.15) is 0 Å². The van der Waals surface area contributed by atoms with Gasteiger partial charge in [0.15, 0.2) is 0 Å². The van der Waals surface area contributed by atoms with E-state index in [2.05, 4.69) is 0 Å². The summed E-state index contributed by atoms with van der Waals surface area (Å²) in [5, 5.41) is 0. The maximum Gasteiger partial charge on any atom is 0.264 e. The standard InChI is InChI=1S/C24H26N2O4S/c1-4-30-22-15-13-19(14-16-22)18-25(2)24(27)20-9-8-10-21(17-20)26(3)31(28,29)23-11-6-5-7-12-23/h5-17H,4,18H2,1-3H3. The number of hydrogen-bond acceptors (Lipinski definition) is 4. The molecule has 1 amide bonds. The summed E-state index contributed by atoms with van der Waals surface area (Å²) in [5.41, 5.74) is 1.81. The molecule has 31 heavy (non-hydrogen) atoms. The predicted molar refractivity (Wildman–Crippen MR) is 122 cm³/mol. The Balaban J connectivity index is 1.76. The quantitative estimate of drug-likeness (QED) is 0.529. The molecule has 0 radical (unpaired) electrons. The number of sulfonamides is 1. The van der Waals surface area contributed by atoms with Crippen LogP contribution in [-0.2, 0) is 16.6 Å². The molecule has 3 aromatic carbocycles. The number of nitrogens with zero attached hydrogens (tertiary/aromatic N) is 2. The Bertz CT molecular complexity index is 1130. The summed E-state index contributed by atoms with van der Waals surface area (Å²) >= 11 is 0. The Hall–Kier alpha value is -3.32. The summed E-state index contributed by atoms with van der Waals surface area (Å²) in [6.45, 7) is 2.95. The Kier molecular flexibility index (Phi) is 6.97. The summed E-state index contributed by atoms with van der Waals surface area (Å²) in [6, 6.07) is 22.4. The van der Waals surface area contributed by atoms with Gasteiger partial charge in [-0.1, -0.05) is 36.4 Å². The highest BCUT2D eigenvalue weighted by atomic mass is 32.2. The Labute approximate surface area is 183 Å². The maximum absolute atomic E-state index is 12.9. The molecule has 0 N–H and O–H groups in total. The largest absolute Gasteiger partial charge is 0.494 e. The first-order valence-electron chi connectivity index (χ1n) is 9.94. The number of carbonyl (C=O) groups is 1. The second-order valence-electron chi connectivity index (χ2n) is 7.07. The highest BCUT2D eigenvalue weighted by Crippen LogP contribution is 2.23. The van der Waals surface area contributed by atoms with Gasteiger partial charge < -0.3 is 9.64 Å². The first kappa shape index (κ1) is 22.4. The Morgan fingerprint density at radius 3 is 2.23 bits per heavy atom. The van der Waals surface area contributed by atoms with Crippen LogP contribution in [0.4, 0.5) is 5.69 Å². The topological polar surface area (TPSA) is 66.9 Å². The number of carbonyl (C=O) groups excluding carboxylic acids is 1. The van der Waals surface area contributed by atoms with Gasteiger partial charge >= 0.3 is 0 Å². The van der Waals surface area contributed by atoms with Crippen molar-refractivity contribution in [1.82, 2.24) is 4.90 Å². The third-order valence-corrected chi connectivity index (χ3v) is 6.66. The zero-order chi connectivity index (χ0) is 22.4. The van der Waals surface area contributed by atoms with Gasteiger partial charge in [0, 0.05) is 26.2 Å². The maximum atomic E-state index is 12.9. The van der Waals surface area contributed by atoms with Crippen LogP contribution in [0.5, 0.6) is 5.75 Å². The smallest absolute Gasteiger partial charge is 0.264 e. The van der Waals surface area contributed by atoms with E-state index in [1.165, 1.54) is 11.4 Å². The van der Waals surface area contributed by atoms with Crippen LogP contribution in [0.1, 0.15) is 22.8 Å². The van der Waals surface area contributed by atoms with Crippen molar-refractivity contribution in [3.8, 4) is 5.75 Å². The summed E-state index contributed by atoms with van der Waals surface area (Å²) in [7, 11) is -0.516. The second kappa shape index (κ2) is 9.66. The Morgan fingerprint density at radius 2 is 1.58 bits per heavy atom. The highest BCUT2D eigenvalue weighted by Gasteiger charge is 2.22. The monoisotopic (exact) mass is 438 g/mol. The zero-order valence-electron chi connectivity index (χ0n) is 17.9. The van der Waals surface area contributed by atoms with Gasteiger partial charge in [-0.3, -0.25) is 9.10 Å². The number of amides is 1. The van der Waals surface area contributed by atoms with Gasteiger partial charge in [0.1, 0.15) is 5.75 Å². The first-order chi connectivity index (χ1) is 14.8. The first-order valence-corrected chi connectivity index (χ1v) is 11.4. The van der Waals surface area contributed by atoms with E-state index < -0.39 is 10.0 Å². The molecule has 0 aliphatic heterocycles. The van der Waals surface area contributed by atoms with E-state index in [0.717, 1.165) is 11.3 Å². The number of anilines is 1. The molecule has 6 nitrogen and oxygen atoms in total. The molecule has 0 aliphatic carbocycles. The lowest BCUT2D eigenvalue weighted by atomic mass is 10.1. The van der Waals surface area contributed by atoms with Crippen molar-refractivity contribution in [3.63, 3.8) is 0 Å². The number of benzene rings is 3. The fourth-order valence-corrected chi connectivity index (χ4v) is 4.36. The van der Waals surface area contributed by atoms with E-state index in [1.807, 2.05) is 31.2 Å². The third-order valence-electron chi connectivity index (χ3n) is 4.86. The molecule has 0 heterocycles. The lowest BCUT2D eigenvalue weighted by Crippen LogP contribution is -2.28. The molecule has 0 aliphatic rings. The van der Waals surface area contributed by atoms with Crippen molar-refractivity contribution in [2.24, 2.45) is 0 Å². The summed E-state index contributed by atoms with van der Waals surface area (Å²) in [4.78, 5) is 14.7. The number of rotatable bonds is 8. The van der Waals surface area contributed by atoms with Crippen molar-refractivity contribution in [2.75, 3.05) is 25.0 Å². The summed E-state index contributed by atoms with van der Waals surface area (Å²) in [5.74, 6) is 0.594. The van der Waals surface area contributed by atoms with Crippen LogP contribution in [0.2, 0.25) is 0 Å². The minimum Gasteiger partial charge on any atom is -0.494 e. The van der Waals surface area contributed by atoms with E-state index in [9.17, 15) is 13.2 Å². The summed E-state index contributed by atoms with van der Waals surface area (Å²) < 4.78 is 32.4. The molecule has 0 fully saturated rings. The molecular formula is C24H26N2O4S. The van der Waals surface area contributed by atoms with Gasteiger partial charge in [-0.25, -0.2) is 8.42 Å². The molecule has 0 saturated heterocycles. The molecule has 3 aromatic rings. The normalized spacial score (nSPS) is 11.1. The van der Waals surface area contributed by atoms with E-state index in [-0.39, 0.29) is 10.8 Å². The van der Waals surface area contributed by atoms with Gasteiger partial charge in [0.2, 0.25) is 0 Å². The van der Waals surface area contributed by atoms with E-state index in [0.29, 0.717) is 24.4 Å². The molecule has 3 rings (SSSR count). The summed E-state index contributed by atoms with van der Waals surface area (Å²) in [6.07, 6.45) is 0. The average Bonchev–Trinajstić information content (AvgIpc) is 2.80. The zero-order valence-corrected chi connectivity index (χ0v) is 18.7. The average molecular weight is 439 g/mol. The third kappa shape index (κ3) is 5.24. The van der Waals surface area contributed by atoms with E-state index in [1.54, 1.807) is 66.5 Å². The van der Waals surface area contributed by atoms with Crippen LogP contribution in [0.3, 0.4) is 0 Å². The molecule has 0 spiro atoms. The van der Waals surface area contributed by atoms with E-state index in [4.69, 9.17) is 4.74 Å². The molecule has 162 valence electrons. The molecule has 0 unspecified atom stereocenters. The fourth-order valence-electron chi connectivity index (χ4n) is 3.15.